The van der Waals surface area contributed by atoms with E-state index in [2.05, 4.69) is 32.6 Å². The summed E-state index contributed by atoms with van der Waals surface area (Å²) in [5.74, 6) is 6.11. The zero-order valence-corrected chi connectivity index (χ0v) is 7.78. The van der Waals surface area contributed by atoms with Crippen molar-refractivity contribution in [2.45, 2.75) is 40.0 Å². The molecule has 0 aliphatic rings. The van der Waals surface area contributed by atoms with Gasteiger partial charge in [-0.3, -0.25) is 0 Å². The van der Waals surface area contributed by atoms with Gasteiger partial charge in [0, 0.05) is 11.8 Å². The molecule has 0 rings (SSSR count). The molecule has 11 heavy (non-hydrogen) atoms. The summed E-state index contributed by atoms with van der Waals surface area (Å²) < 4.78 is 0. The van der Waals surface area contributed by atoms with Crippen LogP contribution in [0.3, 0.4) is 0 Å². The molecule has 0 unspecified atom stereocenters. The molecule has 1 heteroatoms. The molecule has 1 nitrogen and oxygen atoms in total. The minimum absolute atomic E-state index is 0.129. The van der Waals surface area contributed by atoms with Gasteiger partial charge < -0.3 is 5.11 Å². The highest BCUT2D eigenvalue weighted by Gasteiger charge is 2.11. The lowest BCUT2D eigenvalue weighted by atomic mass is 9.89. The van der Waals surface area contributed by atoms with Crippen molar-refractivity contribution in [1.82, 2.24) is 0 Å². The monoisotopic (exact) mass is 154 g/mol. The molecule has 0 radical (unpaired) electrons. The Balaban J connectivity index is 3.81. The molecule has 0 saturated carbocycles. The van der Waals surface area contributed by atoms with E-state index in [9.17, 15) is 0 Å². The van der Waals surface area contributed by atoms with Crippen molar-refractivity contribution in [2.75, 3.05) is 6.61 Å². The molecular formula is C10H18O. The van der Waals surface area contributed by atoms with Crippen LogP contribution in [0.5, 0.6) is 0 Å². The molecule has 1 N–H and O–H groups in total. The molecule has 0 aromatic rings. The molecule has 0 aromatic carbocycles. The Morgan fingerprint density at radius 1 is 1.36 bits per heavy atom. The van der Waals surface area contributed by atoms with Gasteiger partial charge in [-0.05, 0) is 20.3 Å². The van der Waals surface area contributed by atoms with Crippen molar-refractivity contribution >= 4 is 0 Å². The lowest BCUT2D eigenvalue weighted by Gasteiger charge is -2.15. The van der Waals surface area contributed by atoms with E-state index in [1.165, 1.54) is 6.42 Å². The van der Waals surface area contributed by atoms with Gasteiger partial charge in [-0.1, -0.05) is 19.3 Å². The molecule has 0 atom stereocenters. The van der Waals surface area contributed by atoms with E-state index in [0.29, 0.717) is 6.42 Å². The number of aliphatic hydroxyl groups excluding tert-OH is 1. The van der Waals surface area contributed by atoms with Gasteiger partial charge in [-0.15, -0.1) is 5.92 Å². The lowest BCUT2D eigenvalue weighted by Crippen LogP contribution is -2.06. The summed E-state index contributed by atoms with van der Waals surface area (Å²) >= 11 is 0. The fraction of sp³-hybridized carbons (Fsp3) is 0.800. The summed E-state index contributed by atoms with van der Waals surface area (Å²) in [5, 5.41) is 8.49. The average Bonchev–Trinajstić information content (AvgIpc) is 1.87. The first-order chi connectivity index (χ1) is 5.12. The minimum Gasteiger partial charge on any atom is -0.395 e. The van der Waals surface area contributed by atoms with Crippen LogP contribution in [-0.4, -0.2) is 11.7 Å². The normalized spacial score (nSPS) is 10.5. The van der Waals surface area contributed by atoms with Gasteiger partial charge in [-0.2, -0.15) is 0 Å². The predicted octanol–water partition coefficient (Wildman–Crippen LogP) is 2.20. The van der Waals surface area contributed by atoms with Crippen molar-refractivity contribution in [3.8, 4) is 11.8 Å². The van der Waals surface area contributed by atoms with Gasteiger partial charge in [0.25, 0.3) is 0 Å². The third-order valence-electron chi connectivity index (χ3n) is 1.54. The Labute approximate surface area is 69.8 Å². The lowest BCUT2D eigenvalue weighted by molar-refractivity contribution is 0.304. The van der Waals surface area contributed by atoms with Crippen LogP contribution in [-0.2, 0) is 0 Å². The summed E-state index contributed by atoms with van der Waals surface area (Å²) in [7, 11) is 0. The zero-order valence-electron chi connectivity index (χ0n) is 7.78. The average molecular weight is 154 g/mol. The molecule has 0 aromatic heterocycles. The molecule has 64 valence electrons. The smallest absolute Gasteiger partial charge is 0.0540 e. The highest BCUT2D eigenvalue weighted by molar-refractivity contribution is 5.08. The van der Waals surface area contributed by atoms with Crippen molar-refractivity contribution < 1.29 is 5.11 Å². The Bertz CT molecular complexity index is 148. The third kappa shape index (κ3) is 5.94. The maximum atomic E-state index is 8.49. The van der Waals surface area contributed by atoms with E-state index in [0.717, 1.165) is 6.42 Å². The molecule has 0 heterocycles. The second kappa shape index (κ2) is 5.21. The molecule has 0 fully saturated rings. The van der Waals surface area contributed by atoms with E-state index in [4.69, 9.17) is 5.11 Å². The second-order valence-corrected chi connectivity index (χ2v) is 3.41. The van der Waals surface area contributed by atoms with Gasteiger partial charge in [-0.25, -0.2) is 0 Å². The fourth-order valence-electron chi connectivity index (χ4n) is 1.05. The Kier molecular flexibility index (Phi) is 4.98. The van der Waals surface area contributed by atoms with Gasteiger partial charge in [0.1, 0.15) is 0 Å². The highest BCUT2D eigenvalue weighted by Crippen LogP contribution is 2.20. The first kappa shape index (κ1) is 10.5. The largest absolute Gasteiger partial charge is 0.395 e. The van der Waals surface area contributed by atoms with E-state index < -0.39 is 0 Å². The van der Waals surface area contributed by atoms with Crippen molar-refractivity contribution in [1.29, 1.82) is 0 Å². The third-order valence-corrected chi connectivity index (χ3v) is 1.54. The van der Waals surface area contributed by atoms with Gasteiger partial charge in [0.05, 0.1) is 6.61 Å². The molecule has 0 saturated heterocycles. The quantitative estimate of drug-likeness (QED) is 0.618. The van der Waals surface area contributed by atoms with Crippen LogP contribution in [0.2, 0.25) is 0 Å². The molecule has 0 aliphatic carbocycles. The van der Waals surface area contributed by atoms with Crippen LogP contribution in [0, 0.1) is 17.3 Å². The Morgan fingerprint density at radius 2 is 2.00 bits per heavy atom. The van der Waals surface area contributed by atoms with Crippen LogP contribution >= 0.6 is 0 Å². The van der Waals surface area contributed by atoms with E-state index >= 15 is 0 Å². The molecular weight excluding hydrogens is 136 g/mol. The molecule has 0 spiro atoms. The van der Waals surface area contributed by atoms with E-state index in [1.807, 2.05) is 0 Å². The van der Waals surface area contributed by atoms with Crippen LogP contribution in [0.25, 0.3) is 0 Å². The van der Waals surface area contributed by atoms with Crippen LogP contribution < -0.4 is 0 Å². The Hall–Kier alpha value is -0.480. The first-order valence-corrected chi connectivity index (χ1v) is 4.23. The zero-order chi connectivity index (χ0) is 8.74. The number of rotatable bonds is 3. The van der Waals surface area contributed by atoms with Crippen molar-refractivity contribution in [3.63, 3.8) is 0 Å². The predicted molar refractivity (Wildman–Crippen MR) is 48.2 cm³/mol. The number of hydrogen-bond acceptors (Lipinski definition) is 1. The summed E-state index contributed by atoms with van der Waals surface area (Å²) in [5.41, 5.74) is 0.129. The van der Waals surface area contributed by atoms with Gasteiger partial charge in [0.2, 0.25) is 0 Å². The summed E-state index contributed by atoms with van der Waals surface area (Å²) in [6.07, 6.45) is 2.90. The Morgan fingerprint density at radius 3 is 2.45 bits per heavy atom. The second-order valence-electron chi connectivity index (χ2n) is 3.41. The molecule has 0 amide bonds. The molecule has 0 aliphatic heterocycles. The van der Waals surface area contributed by atoms with Crippen LogP contribution in [0.4, 0.5) is 0 Å². The summed E-state index contributed by atoms with van der Waals surface area (Å²) in [4.78, 5) is 0. The minimum atomic E-state index is 0.129. The maximum absolute atomic E-state index is 8.49. The molecule has 0 bridgehead atoms. The maximum Gasteiger partial charge on any atom is 0.0540 e. The van der Waals surface area contributed by atoms with Crippen LogP contribution in [0.1, 0.15) is 40.0 Å². The highest BCUT2D eigenvalue weighted by atomic mass is 16.2. The number of aliphatic hydroxyl groups is 1. The topological polar surface area (TPSA) is 20.2 Å². The number of hydrogen-bond donors (Lipinski definition) is 1. The van der Waals surface area contributed by atoms with Gasteiger partial charge in [0.15, 0.2) is 0 Å². The summed E-state index contributed by atoms with van der Waals surface area (Å²) in [6.45, 7) is 6.62. The SMILES string of the molecule is CCCC(C)(C)C#CCCO. The summed E-state index contributed by atoms with van der Waals surface area (Å²) in [6, 6.07) is 0. The van der Waals surface area contributed by atoms with Crippen molar-refractivity contribution in [2.24, 2.45) is 5.41 Å². The van der Waals surface area contributed by atoms with E-state index in [-0.39, 0.29) is 12.0 Å². The van der Waals surface area contributed by atoms with Crippen LogP contribution in [0.15, 0.2) is 0 Å². The van der Waals surface area contributed by atoms with E-state index in [1.54, 1.807) is 0 Å². The first-order valence-electron chi connectivity index (χ1n) is 4.23. The van der Waals surface area contributed by atoms with Gasteiger partial charge >= 0.3 is 0 Å². The standard InChI is InChI=1S/C10H18O/c1-4-7-10(2,3)8-5-6-9-11/h11H,4,6-7,9H2,1-3H3. The fourth-order valence-corrected chi connectivity index (χ4v) is 1.05. The van der Waals surface area contributed by atoms with Crippen molar-refractivity contribution in [3.05, 3.63) is 0 Å².